The highest BCUT2D eigenvalue weighted by molar-refractivity contribution is 7.89. The molecule has 1 fully saturated rings. The number of hydrogen-bond acceptors (Lipinski definition) is 3. The van der Waals surface area contributed by atoms with Crippen LogP contribution in [0.1, 0.15) is 11.6 Å². The number of benzene rings is 2. The Morgan fingerprint density at radius 3 is 2.10 bits per heavy atom. The van der Waals surface area contributed by atoms with E-state index in [0.29, 0.717) is 11.4 Å². The predicted octanol–water partition coefficient (Wildman–Crippen LogP) is 2.02. The van der Waals surface area contributed by atoms with Crippen LogP contribution in [0.4, 0.5) is 0 Å². The number of nitrogens with zero attached hydrogens (tertiary/aromatic N) is 1. The van der Waals surface area contributed by atoms with Gasteiger partial charge < -0.3 is 0 Å². The van der Waals surface area contributed by atoms with Gasteiger partial charge in [-0.05, 0) is 17.7 Å². The molecule has 1 heterocycles. The summed E-state index contributed by atoms with van der Waals surface area (Å²) in [6.07, 6.45) is 0. The molecule has 2 aromatic carbocycles. The summed E-state index contributed by atoms with van der Waals surface area (Å²) in [5.74, 6) is 0. The Morgan fingerprint density at radius 1 is 0.952 bits per heavy atom. The summed E-state index contributed by atoms with van der Waals surface area (Å²) < 4.78 is 27.3. The average Bonchev–Trinajstić information content (AvgIpc) is 3.34. The van der Waals surface area contributed by atoms with Crippen molar-refractivity contribution in [3.8, 4) is 0 Å². The van der Waals surface area contributed by atoms with Gasteiger partial charge >= 0.3 is 0 Å². The van der Waals surface area contributed by atoms with E-state index < -0.39 is 10.0 Å². The highest BCUT2D eigenvalue weighted by Crippen LogP contribution is 2.26. The lowest BCUT2D eigenvalue weighted by Crippen LogP contribution is -2.31. The number of nitrogens with one attached hydrogen (secondary N) is 1. The van der Waals surface area contributed by atoms with E-state index in [1.807, 2.05) is 36.4 Å². The minimum absolute atomic E-state index is 0.102. The summed E-state index contributed by atoms with van der Waals surface area (Å²) in [5.41, 5.74) is 1.14. The summed E-state index contributed by atoms with van der Waals surface area (Å²) in [6.45, 7) is 2.43. The third-order valence-corrected chi connectivity index (χ3v) is 5.07. The van der Waals surface area contributed by atoms with Gasteiger partial charge in [-0.15, -0.1) is 0 Å². The molecule has 1 unspecified atom stereocenters. The van der Waals surface area contributed by atoms with Crippen LogP contribution in [0.2, 0.25) is 0 Å². The maximum atomic E-state index is 12.3. The lowest BCUT2D eigenvalue weighted by atomic mass is 10.1. The van der Waals surface area contributed by atoms with Gasteiger partial charge in [-0.1, -0.05) is 48.5 Å². The molecule has 5 heteroatoms. The quantitative estimate of drug-likeness (QED) is 0.831. The molecule has 0 radical (unpaired) electrons. The van der Waals surface area contributed by atoms with Gasteiger partial charge in [0.1, 0.15) is 0 Å². The summed E-state index contributed by atoms with van der Waals surface area (Å²) in [7, 11) is -3.45. The Hall–Kier alpha value is -1.69. The smallest absolute Gasteiger partial charge is 0.240 e. The summed E-state index contributed by atoms with van der Waals surface area (Å²) in [6, 6.07) is 18.6. The van der Waals surface area contributed by atoms with Crippen molar-refractivity contribution in [2.45, 2.75) is 10.9 Å². The molecule has 1 saturated heterocycles. The van der Waals surface area contributed by atoms with Crippen LogP contribution in [-0.2, 0) is 10.0 Å². The van der Waals surface area contributed by atoms with E-state index in [0.717, 1.165) is 18.7 Å². The van der Waals surface area contributed by atoms with E-state index in [-0.39, 0.29) is 6.04 Å². The van der Waals surface area contributed by atoms with Crippen LogP contribution in [-0.4, -0.2) is 33.0 Å². The molecule has 21 heavy (non-hydrogen) atoms. The minimum Gasteiger partial charge on any atom is -0.292 e. The molecule has 4 nitrogen and oxygen atoms in total. The van der Waals surface area contributed by atoms with Crippen molar-refractivity contribution in [2.75, 3.05) is 19.6 Å². The van der Waals surface area contributed by atoms with Crippen LogP contribution < -0.4 is 4.72 Å². The van der Waals surface area contributed by atoms with Crippen molar-refractivity contribution in [2.24, 2.45) is 0 Å². The fourth-order valence-corrected chi connectivity index (χ4v) is 3.43. The first kappa shape index (κ1) is 14.3. The monoisotopic (exact) mass is 302 g/mol. The van der Waals surface area contributed by atoms with Gasteiger partial charge in [0.15, 0.2) is 0 Å². The van der Waals surface area contributed by atoms with Crippen molar-refractivity contribution in [1.29, 1.82) is 0 Å². The predicted molar refractivity (Wildman–Crippen MR) is 82.4 cm³/mol. The molecule has 0 aromatic heterocycles. The SMILES string of the molecule is O=S(=O)(NCC(c1ccccc1)N1CC1)c1ccccc1. The lowest BCUT2D eigenvalue weighted by molar-refractivity contribution is 0.407. The Labute approximate surface area is 125 Å². The maximum absolute atomic E-state index is 12.3. The van der Waals surface area contributed by atoms with Gasteiger partial charge in [-0.25, -0.2) is 13.1 Å². The van der Waals surface area contributed by atoms with Crippen LogP contribution in [0.5, 0.6) is 0 Å². The molecule has 1 aliphatic heterocycles. The number of rotatable bonds is 6. The molecule has 0 saturated carbocycles. The van der Waals surface area contributed by atoms with E-state index in [1.54, 1.807) is 24.3 Å². The van der Waals surface area contributed by atoms with E-state index >= 15 is 0 Å². The molecule has 0 bridgehead atoms. The third kappa shape index (κ3) is 3.50. The van der Waals surface area contributed by atoms with Crippen molar-refractivity contribution >= 4 is 10.0 Å². The van der Waals surface area contributed by atoms with Crippen LogP contribution in [0.15, 0.2) is 65.6 Å². The highest BCUT2D eigenvalue weighted by atomic mass is 32.2. The Kier molecular flexibility index (Phi) is 4.05. The van der Waals surface area contributed by atoms with Gasteiger partial charge in [-0.3, -0.25) is 4.90 Å². The molecule has 0 amide bonds. The van der Waals surface area contributed by atoms with Crippen LogP contribution >= 0.6 is 0 Å². The van der Waals surface area contributed by atoms with Crippen LogP contribution in [0.25, 0.3) is 0 Å². The van der Waals surface area contributed by atoms with Crippen molar-refractivity contribution in [3.05, 3.63) is 66.2 Å². The number of sulfonamides is 1. The van der Waals surface area contributed by atoms with Gasteiger partial charge in [0, 0.05) is 25.7 Å². The second-order valence-corrected chi connectivity index (χ2v) is 6.89. The van der Waals surface area contributed by atoms with Gasteiger partial charge in [0.25, 0.3) is 0 Å². The first-order chi connectivity index (χ1) is 10.2. The first-order valence-electron chi connectivity index (χ1n) is 7.00. The van der Waals surface area contributed by atoms with Crippen LogP contribution in [0, 0.1) is 0 Å². The molecule has 0 spiro atoms. The van der Waals surface area contributed by atoms with Crippen molar-refractivity contribution in [1.82, 2.24) is 9.62 Å². The fourth-order valence-electron chi connectivity index (χ4n) is 2.37. The molecular weight excluding hydrogens is 284 g/mol. The lowest BCUT2D eigenvalue weighted by Gasteiger charge is -2.19. The van der Waals surface area contributed by atoms with Crippen molar-refractivity contribution in [3.63, 3.8) is 0 Å². The normalized spacial score (nSPS) is 16.6. The largest absolute Gasteiger partial charge is 0.292 e. The molecule has 1 N–H and O–H groups in total. The average molecular weight is 302 g/mol. The molecule has 0 aliphatic carbocycles. The zero-order valence-electron chi connectivity index (χ0n) is 11.6. The molecule has 1 aliphatic rings. The molecular formula is C16H18N2O2S. The molecule has 3 rings (SSSR count). The standard InChI is InChI=1S/C16H18N2O2S/c19-21(20,15-9-5-2-6-10-15)17-13-16(18-11-12-18)14-7-3-1-4-8-14/h1-10,16-17H,11-13H2. The second-order valence-electron chi connectivity index (χ2n) is 5.13. The van der Waals surface area contributed by atoms with E-state index in [4.69, 9.17) is 0 Å². The molecule has 2 aromatic rings. The van der Waals surface area contributed by atoms with Crippen molar-refractivity contribution < 1.29 is 8.42 Å². The van der Waals surface area contributed by atoms with Gasteiger partial charge in [-0.2, -0.15) is 0 Å². The van der Waals surface area contributed by atoms with Gasteiger partial charge in [0.2, 0.25) is 10.0 Å². The highest BCUT2D eigenvalue weighted by Gasteiger charge is 2.29. The zero-order chi connectivity index (χ0) is 14.7. The summed E-state index contributed by atoms with van der Waals surface area (Å²) in [4.78, 5) is 2.56. The second kappa shape index (κ2) is 5.97. The Morgan fingerprint density at radius 2 is 1.52 bits per heavy atom. The molecule has 110 valence electrons. The number of hydrogen-bond donors (Lipinski definition) is 1. The topological polar surface area (TPSA) is 49.2 Å². The van der Waals surface area contributed by atoms with E-state index in [1.165, 1.54) is 0 Å². The van der Waals surface area contributed by atoms with Crippen LogP contribution in [0.3, 0.4) is 0 Å². The van der Waals surface area contributed by atoms with E-state index in [9.17, 15) is 8.42 Å². The van der Waals surface area contributed by atoms with Gasteiger partial charge in [0.05, 0.1) is 4.90 Å². The van der Waals surface area contributed by atoms with E-state index in [2.05, 4.69) is 9.62 Å². The minimum atomic E-state index is -3.45. The Balaban J connectivity index is 1.73. The Bertz CT molecular complexity index is 683. The molecule has 1 atom stereocenters. The summed E-state index contributed by atoms with van der Waals surface area (Å²) in [5, 5.41) is 0. The fraction of sp³-hybridized carbons (Fsp3) is 0.250. The third-order valence-electron chi connectivity index (χ3n) is 3.63. The zero-order valence-corrected chi connectivity index (χ0v) is 12.5. The summed E-state index contributed by atoms with van der Waals surface area (Å²) >= 11 is 0. The maximum Gasteiger partial charge on any atom is 0.240 e. The first-order valence-corrected chi connectivity index (χ1v) is 8.49.